The molecule has 7 nitrogen and oxygen atoms in total. The first kappa shape index (κ1) is 23.1. The Kier molecular flexibility index (Phi) is 7.52. The van der Waals surface area contributed by atoms with Crippen LogP contribution in [0.5, 0.6) is 5.75 Å². The fourth-order valence-electron chi connectivity index (χ4n) is 4.15. The minimum absolute atomic E-state index is 0.148. The van der Waals surface area contributed by atoms with Gasteiger partial charge in [0.2, 0.25) is 0 Å². The lowest BCUT2D eigenvalue weighted by Crippen LogP contribution is -2.47. The zero-order chi connectivity index (χ0) is 23.2. The molecule has 4 rings (SSSR count). The first-order chi connectivity index (χ1) is 16.1. The lowest BCUT2D eigenvalue weighted by Gasteiger charge is -2.36. The molecule has 33 heavy (non-hydrogen) atoms. The number of aromatic nitrogens is 1. The number of aryl methyl sites for hydroxylation is 1. The molecule has 0 unspecified atom stereocenters. The number of hydrogen-bond donors (Lipinski definition) is 1. The van der Waals surface area contributed by atoms with Gasteiger partial charge in [0.15, 0.2) is 0 Å². The molecule has 1 aliphatic rings. The number of piperazine rings is 1. The van der Waals surface area contributed by atoms with Gasteiger partial charge >= 0.3 is 0 Å². The Labute approximate surface area is 199 Å². The predicted molar refractivity (Wildman–Crippen MR) is 130 cm³/mol. The number of benzene rings is 2. The Hall–Kier alpha value is -3.03. The third-order valence-electron chi connectivity index (χ3n) is 5.93. The summed E-state index contributed by atoms with van der Waals surface area (Å²) in [4.78, 5) is 17.5. The molecule has 8 heteroatoms. The minimum Gasteiger partial charge on any atom is -0.495 e. The van der Waals surface area contributed by atoms with E-state index in [2.05, 4.69) is 20.3 Å². The molecule has 2 aromatic carbocycles. The molecule has 1 amide bonds. The van der Waals surface area contributed by atoms with Crippen LogP contribution in [0.2, 0.25) is 5.02 Å². The third-order valence-corrected chi connectivity index (χ3v) is 6.16. The van der Waals surface area contributed by atoms with Crippen LogP contribution in [0.25, 0.3) is 11.3 Å². The molecule has 0 aliphatic carbocycles. The maximum absolute atomic E-state index is 12.8. The number of nitrogens with one attached hydrogen (secondary N) is 1. The van der Waals surface area contributed by atoms with Crippen molar-refractivity contribution >= 4 is 23.2 Å². The Morgan fingerprint density at radius 3 is 2.64 bits per heavy atom. The number of rotatable bonds is 8. The van der Waals surface area contributed by atoms with E-state index >= 15 is 0 Å². The molecule has 1 aliphatic heterocycles. The molecule has 1 aromatic heterocycles. The smallest absolute Gasteiger partial charge is 0.257 e. The normalized spacial score (nSPS) is 14.3. The summed E-state index contributed by atoms with van der Waals surface area (Å²) < 4.78 is 10.8. The third kappa shape index (κ3) is 5.49. The van der Waals surface area contributed by atoms with Gasteiger partial charge in [-0.05, 0) is 38.1 Å². The number of nitrogens with zero attached hydrogens (tertiary/aromatic N) is 3. The summed E-state index contributed by atoms with van der Waals surface area (Å²) in [6.45, 7) is 7.00. The molecule has 1 N–H and O–H groups in total. The van der Waals surface area contributed by atoms with Crippen molar-refractivity contribution < 1.29 is 14.1 Å². The van der Waals surface area contributed by atoms with Crippen molar-refractivity contribution in [2.45, 2.75) is 13.3 Å². The largest absolute Gasteiger partial charge is 0.495 e. The van der Waals surface area contributed by atoms with E-state index in [0.29, 0.717) is 28.6 Å². The average Bonchev–Trinajstić information content (AvgIpc) is 3.24. The van der Waals surface area contributed by atoms with Gasteiger partial charge in [-0.1, -0.05) is 47.1 Å². The molecule has 174 valence electrons. The molecule has 3 aromatic rings. The van der Waals surface area contributed by atoms with Crippen LogP contribution in [0.4, 0.5) is 5.69 Å². The molecule has 0 atom stereocenters. The summed E-state index contributed by atoms with van der Waals surface area (Å²) in [5.74, 6) is 1.22. The summed E-state index contributed by atoms with van der Waals surface area (Å²) in [6.07, 6.45) is 0.872. The van der Waals surface area contributed by atoms with Crippen LogP contribution >= 0.6 is 11.6 Å². The first-order valence-electron chi connectivity index (χ1n) is 11.2. The highest BCUT2D eigenvalue weighted by atomic mass is 35.5. The molecule has 0 bridgehead atoms. The van der Waals surface area contributed by atoms with Gasteiger partial charge < -0.3 is 19.5 Å². The Balaban J connectivity index is 1.25. The van der Waals surface area contributed by atoms with Gasteiger partial charge in [-0.15, -0.1) is 0 Å². The Morgan fingerprint density at radius 1 is 1.15 bits per heavy atom. The van der Waals surface area contributed by atoms with Gasteiger partial charge in [-0.3, -0.25) is 9.69 Å². The summed E-state index contributed by atoms with van der Waals surface area (Å²) in [7, 11) is 1.68. The number of hydrogen-bond acceptors (Lipinski definition) is 6. The first-order valence-corrected chi connectivity index (χ1v) is 11.6. The van der Waals surface area contributed by atoms with Crippen molar-refractivity contribution in [2.75, 3.05) is 51.3 Å². The van der Waals surface area contributed by atoms with Crippen molar-refractivity contribution in [3.05, 3.63) is 64.9 Å². The van der Waals surface area contributed by atoms with E-state index in [1.807, 2.05) is 48.5 Å². The number of methoxy groups -OCH3 is 1. The number of ether oxygens (including phenoxy) is 1. The highest BCUT2D eigenvalue weighted by Gasteiger charge is 2.22. The lowest BCUT2D eigenvalue weighted by atomic mass is 10.1. The Morgan fingerprint density at radius 2 is 1.91 bits per heavy atom. The van der Waals surface area contributed by atoms with Crippen molar-refractivity contribution in [3.63, 3.8) is 0 Å². The minimum atomic E-state index is -0.148. The van der Waals surface area contributed by atoms with Crippen LogP contribution in [0.15, 0.2) is 53.1 Å². The van der Waals surface area contributed by atoms with Crippen LogP contribution in [0.3, 0.4) is 0 Å². The second-order valence-electron chi connectivity index (χ2n) is 8.08. The van der Waals surface area contributed by atoms with E-state index in [0.717, 1.165) is 56.1 Å². The quantitative estimate of drug-likeness (QED) is 0.498. The van der Waals surface area contributed by atoms with Gasteiger partial charge in [0.1, 0.15) is 22.8 Å². The van der Waals surface area contributed by atoms with Gasteiger partial charge in [0.05, 0.1) is 12.8 Å². The average molecular weight is 469 g/mol. The van der Waals surface area contributed by atoms with Crippen LogP contribution < -0.4 is 15.0 Å². The van der Waals surface area contributed by atoms with E-state index in [1.165, 1.54) is 0 Å². The number of amides is 1. The SMILES string of the molecule is COc1ccc(Cl)cc1N1CCN(CCCNC(=O)c2c(-c3ccccc3)noc2C)CC1. The van der Waals surface area contributed by atoms with Crippen LogP contribution in [0, 0.1) is 6.92 Å². The highest BCUT2D eigenvalue weighted by Crippen LogP contribution is 2.32. The molecule has 2 heterocycles. The van der Waals surface area contributed by atoms with Crippen molar-refractivity contribution in [1.29, 1.82) is 0 Å². The summed E-state index contributed by atoms with van der Waals surface area (Å²) in [6, 6.07) is 15.3. The van der Waals surface area contributed by atoms with Crippen molar-refractivity contribution in [1.82, 2.24) is 15.4 Å². The fraction of sp³-hybridized carbons (Fsp3) is 0.360. The van der Waals surface area contributed by atoms with Gasteiger partial charge in [-0.2, -0.15) is 0 Å². The van der Waals surface area contributed by atoms with E-state index in [4.69, 9.17) is 20.9 Å². The topological polar surface area (TPSA) is 70.8 Å². The summed E-state index contributed by atoms with van der Waals surface area (Å²) in [5, 5.41) is 7.83. The standard InChI is InChI=1S/C25H29ClN4O3/c1-18-23(24(28-33-18)19-7-4-3-5-8-19)25(31)27-11-6-12-29-13-15-30(16-14-29)21-17-20(26)9-10-22(21)32-2/h3-5,7-10,17H,6,11-16H2,1-2H3,(H,27,31). The number of anilines is 1. The van der Waals surface area contributed by atoms with E-state index in [1.54, 1.807) is 14.0 Å². The second-order valence-corrected chi connectivity index (χ2v) is 8.52. The maximum Gasteiger partial charge on any atom is 0.257 e. The molecule has 0 saturated carbocycles. The predicted octanol–water partition coefficient (Wildman–Crippen LogP) is 4.25. The van der Waals surface area contributed by atoms with Gasteiger partial charge in [-0.25, -0.2) is 0 Å². The maximum atomic E-state index is 12.8. The molecular formula is C25H29ClN4O3. The highest BCUT2D eigenvalue weighted by molar-refractivity contribution is 6.30. The van der Waals surface area contributed by atoms with Crippen LogP contribution in [-0.2, 0) is 0 Å². The van der Waals surface area contributed by atoms with E-state index in [-0.39, 0.29) is 5.91 Å². The zero-order valence-electron chi connectivity index (χ0n) is 19.0. The molecule has 1 fully saturated rings. The fourth-order valence-corrected chi connectivity index (χ4v) is 4.31. The molecular weight excluding hydrogens is 440 g/mol. The number of carbonyl (C=O) groups excluding carboxylic acids is 1. The molecule has 1 saturated heterocycles. The van der Waals surface area contributed by atoms with Gasteiger partial charge in [0.25, 0.3) is 5.91 Å². The number of halogens is 1. The van der Waals surface area contributed by atoms with Crippen molar-refractivity contribution in [3.8, 4) is 17.0 Å². The summed E-state index contributed by atoms with van der Waals surface area (Å²) in [5.41, 5.74) is 2.99. The monoisotopic (exact) mass is 468 g/mol. The number of carbonyl (C=O) groups is 1. The molecule has 0 spiro atoms. The van der Waals surface area contributed by atoms with Gasteiger partial charge in [0, 0.05) is 43.3 Å². The lowest BCUT2D eigenvalue weighted by molar-refractivity contribution is 0.0950. The van der Waals surface area contributed by atoms with E-state index < -0.39 is 0 Å². The Bertz CT molecular complexity index is 1080. The summed E-state index contributed by atoms with van der Waals surface area (Å²) >= 11 is 6.19. The van der Waals surface area contributed by atoms with Crippen LogP contribution in [-0.4, -0.2) is 62.3 Å². The second kappa shape index (κ2) is 10.7. The van der Waals surface area contributed by atoms with Crippen LogP contribution in [0.1, 0.15) is 22.5 Å². The zero-order valence-corrected chi connectivity index (χ0v) is 19.8. The van der Waals surface area contributed by atoms with Crippen molar-refractivity contribution in [2.24, 2.45) is 0 Å². The van der Waals surface area contributed by atoms with E-state index in [9.17, 15) is 4.79 Å². The molecule has 0 radical (unpaired) electrons.